The highest BCUT2D eigenvalue weighted by molar-refractivity contribution is 7.89. The third-order valence-corrected chi connectivity index (χ3v) is 6.68. The lowest BCUT2D eigenvalue weighted by molar-refractivity contribution is 0.0608. The molecule has 0 fully saturated rings. The summed E-state index contributed by atoms with van der Waals surface area (Å²) in [6, 6.07) is 19.8. The number of nitrogens with two attached hydrogens (primary N) is 1. The number of aliphatic hydroxyl groups excluding tert-OH is 1. The minimum Gasteiger partial charge on any atom is -0.387 e. The third-order valence-electron chi connectivity index (χ3n) is 4.47. The molecule has 0 saturated heterocycles. The van der Waals surface area contributed by atoms with Crippen molar-refractivity contribution >= 4 is 27.3 Å². The summed E-state index contributed by atoms with van der Waals surface area (Å²) in [5.74, 6) is -0.355. The molecule has 6 nitrogen and oxygen atoms in total. The van der Waals surface area contributed by atoms with Gasteiger partial charge in [0.2, 0.25) is 10.0 Å². The van der Waals surface area contributed by atoms with Gasteiger partial charge in [-0.1, -0.05) is 60.7 Å². The van der Waals surface area contributed by atoms with Crippen LogP contribution in [0.5, 0.6) is 0 Å². The van der Waals surface area contributed by atoms with E-state index in [2.05, 4.69) is 0 Å². The maximum Gasteiger partial charge on any atom is 0.264 e. The number of amides is 1. The van der Waals surface area contributed by atoms with Gasteiger partial charge in [0.05, 0.1) is 22.4 Å². The van der Waals surface area contributed by atoms with E-state index < -0.39 is 16.1 Å². The molecule has 0 bridgehead atoms. The molecule has 0 radical (unpaired) electrons. The standard InChI is InChI=1S/C21H22N2O4S2/c1-15-20(29(22,26)27)12-19(28-15)21(25)23(13-16-8-4-2-5-9-16)14-18(24)17-10-6-3-7-11-17/h2-12,18,24H,13-14H2,1H3,(H2,22,26,27). The molecule has 3 rings (SSSR count). The van der Waals surface area contributed by atoms with Crippen LogP contribution in [0.4, 0.5) is 0 Å². The Bertz CT molecular complexity index is 1080. The quantitative estimate of drug-likeness (QED) is 0.601. The number of primary sulfonamides is 1. The van der Waals surface area contributed by atoms with Crippen molar-refractivity contribution in [3.05, 3.63) is 87.6 Å². The lowest BCUT2D eigenvalue weighted by Gasteiger charge is -2.25. The van der Waals surface area contributed by atoms with E-state index in [-0.39, 0.29) is 28.8 Å². The molecule has 0 aliphatic carbocycles. The number of rotatable bonds is 7. The number of sulfonamides is 1. The predicted molar refractivity (Wildman–Crippen MR) is 113 cm³/mol. The molecular weight excluding hydrogens is 408 g/mol. The number of hydrogen-bond acceptors (Lipinski definition) is 5. The van der Waals surface area contributed by atoms with Gasteiger partial charge in [0.15, 0.2) is 0 Å². The Balaban J connectivity index is 1.91. The van der Waals surface area contributed by atoms with Crippen molar-refractivity contribution in [1.82, 2.24) is 4.90 Å². The molecule has 29 heavy (non-hydrogen) atoms. The molecule has 0 aliphatic heterocycles. The van der Waals surface area contributed by atoms with Crippen LogP contribution in [0, 0.1) is 6.92 Å². The highest BCUT2D eigenvalue weighted by Crippen LogP contribution is 2.27. The smallest absolute Gasteiger partial charge is 0.264 e. The van der Waals surface area contributed by atoms with E-state index in [0.717, 1.165) is 16.9 Å². The van der Waals surface area contributed by atoms with Gasteiger partial charge in [-0.3, -0.25) is 4.79 Å². The number of thiophene rings is 1. The van der Waals surface area contributed by atoms with Crippen LogP contribution < -0.4 is 5.14 Å². The van der Waals surface area contributed by atoms with Crippen LogP contribution in [-0.4, -0.2) is 30.9 Å². The first kappa shape index (κ1) is 21.2. The Kier molecular flexibility index (Phi) is 6.49. The Morgan fingerprint density at radius 1 is 1.10 bits per heavy atom. The first-order chi connectivity index (χ1) is 13.8. The molecule has 3 N–H and O–H groups in total. The number of carbonyl (C=O) groups is 1. The van der Waals surface area contributed by atoms with Crippen LogP contribution in [0.25, 0.3) is 0 Å². The van der Waals surface area contributed by atoms with Gasteiger partial charge in [-0.25, -0.2) is 13.6 Å². The number of carbonyl (C=O) groups excluding carboxylic acids is 1. The van der Waals surface area contributed by atoms with Crippen molar-refractivity contribution in [2.45, 2.75) is 24.5 Å². The van der Waals surface area contributed by atoms with Gasteiger partial charge in [0, 0.05) is 11.4 Å². The first-order valence-electron chi connectivity index (χ1n) is 8.95. The summed E-state index contributed by atoms with van der Waals surface area (Å²) in [6.07, 6.45) is -0.873. The van der Waals surface area contributed by atoms with Crippen LogP contribution in [0.3, 0.4) is 0 Å². The van der Waals surface area contributed by atoms with Crippen LogP contribution in [0.1, 0.15) is 31.8 Å². The molecule has 1 unspecified atom stereocenters. The summed E-state index contributed by atoms with van der Waals surface area (Å²) in [4.78, 5) is 15.4. The summed E-state index contributed by atoms with van der Waals surface area (Å²) >= 11 is 1.08. The van der Waals surface area contributed by atoms with Crippen LogP contribution in [-0.2, 0) is 16.6 Å². The summed E-state index contributed by atoms with van der Waals surface area (Å²) in [5, 5.41) is 15.9. The number of benzene rings is 2. The Labute approximate surface area is 174 Å². The minimum absolute atomic E-state index is 0.0471. The van der Waals surface area contributed by atoms with Gasteiger partial charge in [0.25, 0.3) is 5.91 Å². The van der Waals surface area contributed by atoms with Gasteiger partial charge in [-0.2, -0.15) is 0 Å². The van der Waals surface area contributed by atoms with Crippen LogP contribution in [0.15, 0.2) is 71.6 Å². The summed E-state index contributed by atoms with van der Waals surface area (Å²) in [5.41, 5.74) is 1.60. The molecule has 0 saturated carbocycles. The fourth-order valence-electron chi connectivity index (χ4n) is 3.02. The van der Waals surface area contributed by atoms with Crippen molar-refractivity contribution in [3.63, 3.8) is 0 Å². The summed E-state index contributed by atoms with van der Waals surface area (Å²) in [6.45, 7) is 1.96. The first-order valence-corrected chi connectivity index (χ1v) is 11.3. The maximum atomic E-state index is 13.2. The fraction of sp³-hybridized carbons (Fsp3) is 0.190. The molecule has 2 aromatic carbocycles. The van der Waals surface area contributed by atoms with E-state index in [1.54, 1.807) is 19.1 Å². The average Bonchev–Trinajstić information content (AvgIpc) is 3.10. The summed E-state index contributed by atoms with van der Waals surface area (Å²) < 4.78 is 23.5. The SMILES string of the molecule is Cc1sc(C(=O)N(Cc2ccccc2)CC(O)c2ccccc2)cc1S(N)(=O)=O. The molecular formula is C21H22N2O4S2. The van der Waals surface area contributed by atoms with Gasteiger partial charge in [0.1, 0.15) is 0 Å². The Morgan fingerprint density at radius 2 is 1.69 bits per heavy atom. The molecule has 0 aliphatic rings. The second-order valence-corrected chi connectivity index (χ2v) is 9.46. The highest BCUT2D eigenvalue weighted by Gasteiger charge is 2.25. The number of aryl methyl sites for hydroxylation is 1. The Hall–Kier alpha value is -2.52. The molecule has 8 heteroatoms. The fourth-order valence-corrected chi connectivity index (χ4v) is 5.13. The van der Waals surface area contributed by atoms with Crippen LogP contribution in [0.2, 0.25) is 0 Å². The predicted octanol–water partition coefficient (Wildman–Crippen LogP) is 3.08. The zero-order valence-corrected chi connectivity index (χ0v) is 17.5. The zero-order chi connectivity index (χ0) is 21.0. The average molecular weight is 431 g/mol. The Morgan fingerprint density at radius 3 is 2.24 bits per heavy atom. The van der Waals surface area contributed by atoms with E-state index >= 15 is 0 Å². The molecule has 0 spiro atoms. The zero-order valence-electron chi connectivity index (χ0n) is 15.9. The molecule has 1 aromatic heterocycles. The van der Waals surface area contributed by atoms with Crippen molar-refractivity contribution < 1.29 is 18.3 Å². The highest BCUT2D eigenvalue weighted by atomic mass is 32.2. The normalized spacial score (nSPS) is 12.5. The van der Waals surface area contributed by atoms with E-state index in [4.69, 9.17) is 5.14 Å². The van der Waals surface area contributed by atoms with Gasteiger partial charge in [-0.15, -0.1) is 11.3 Å². The largest absolute Gasteiger partial charge is 0.387 e. The number of aliphatic hydroxyl groups is 1. The maximum absolute atomic E-state index is 13.2. The molecule has 1 amide bonds. The van der Waals surface area contributed by atoms with E-state index in [0.29, 0.717) is 10.4 Å². The van der Waals surface area contributed by atoms with Gasteiger partial charge >= 0.3 is 0 Å². The monoisotopic (exact) mass is 430 g/mol. The second-order valence-electron chi connectivity index (χ2n) is 6.67. The summed E-state index contributed by atoms with van der Waals surface area (Å²) in [7, 11) is -3.91. The topological polar surface area (TPSA) is 101 Å². The van der Waals surface area contributed by atoms with Gasteiger partial charge in [-0.05, 0) is 24.1 Å². The number of nitrogens with zero attached hydrogens (tertiary/aromatic N) is 1. The van der Waals surface area contributed by atoms with Crippen molar-refractivity contribution in [1.29, 1.82) is 0 Å². The van der Waals surface area contributed by atoms with Crippen molar-refractivity contribution in [2.24, 2.45) is 5.14 Å². The lowest BCUT2D eigenvalue weighted by Crippen LogP contribution is -2.34. The molecule has 3 aromatic rings. The van der Waals surface area contributed by atoms with Gasteiger partial charge < -0.3 is 10.0 Å². The van der Waals surface area contributed by atoms with Crippen molar-refractivity contribution in [3.8, 4) is 0 Å². The van der Waals surface area contributed by atoms with E-state index in [1.165, 1.54) is 11.0 Å². The molecule has 152 valence electrons. The third kappa shape index (κ3) is 5.30. The lowest BCUT2D eigenvalue weighted by atomic mass is 10.1. The van der Waals surface area contributed by atoms with Crippen LogP contribution >= 0.6 is 11.3 Å². The number of hydrogen-bond donors (Lipinski definition) is 2. The van der Waals surface area contributed by atoms with Crippen molar-refractivity contribution in [2.75, 3.05) is 6.54 Å². The minimum atomic E-state index is -3.91. The molecule has 1 atom stereocenters. The van der Waals surface area contributed by atoms with E-state index in [9.17, 15) is 18.3 Å². The molecule has 1 heterocycles. The second kappa shape index (κ2) is 8.87. The van der Waals surface area contributed by atoms with E-state index in [1.807, 2.05) is 48.5 Å².